The first kappa shape index (κ1) is 21.5. The first-order valence-corrected chi connectivity index (χ1v) is 10.7. The molecule has 0 spiro atoms. The fraction of sp³-hybridized carbons (Fsp3) is 0.0800. The van der Waals surface area contributed by atoms with Crippen LogP contribution in [0, 0.1) is 0 Å². The van der Waals surface area contributed by atoms with Crippen molar-refractivity contribution in [3.05, 3.63) is 88.9 Å². The van der Waals surface area contributed by atoms with Crippen LogP contribution in [0.15, 0.2) is 88.4 Å². The number of methoxy groups -OCH3 is 2. The quantitative estimate of drug-likeness (QED) is 0.253. The zero-order chi connectivity index (χ0) is 22.3. The third-order valence-electron chi connectivity index (χ3n) is 4.72. The molecule has 0 saturated carbocycles. The zero-order valence-corrected chi connectivity index (χ0v) is 19.2. The Bertz CT molecular complexity index is 1230. The highest BCUT2D eigenvalue weighted by Crippen LogP contribution is 2.33. The van der Waals surface area contributed by atoms with Crippen molar-refractivity contribution in [3.63, 3.8) is 0 Å². The van der Waals surface area contributed by atoms with Crippen LogP contribution in [0.2, 0.25) is 0 Å². The van der Waals surface area contributed by atoms with Gasteiger partial charge in [-0.2, -0.15) is 5.10 Å². The minimum Gasteiger partial charge on any atom is -0.493 e. The topological polar surface area (TPSA) is 68.6 Å². The Morgan fingerprint density at radius 2 is 1.47 bits per heavy atom. The fourth-order valence-electron chi connectivity index (χ4n) is 3.11. The highest BCUT2D eigenvalue weighted by atomic mass is 79.9. The number of hydrogen-bond acceptors (Lipinski definition) is 6. The molecule has 0 aliphatic rings. The fourth-order valence-corrected chi connectivity index (χ4v) is 3.38. The monoisotopic (exact) mass is 488 g/mol. The lowest BCUT2D eigenvalue weighted by molar-refractivity contribution is 0.355. The molecule has 0 aliphatic heterocycles. The number of rotatable bonds is 7. The number of nitrogens with one attached hydrogen (secondary N) is 1. The standard InChI is InChI=1S/C25H21BrN4O2/c1-31-23-13-10-19(14-24(23)32-2)22-15-21(18-6-4-3-5-7-18)28-25(29-22)30-27-16-17-8-11-20(26)12-9-17/h3-16H,1-2H3,(H,28,29,30). The van der Waals surface area contributed by atoms with Gasteiger partial charge in [0, 0.05) is 15.6 Å². The molecule has 0 unspecified atom stereocenters. The summed E-state index contributed by atoms with van der Waals surface area (Å²) in [6.45, 7) is 0. The molecule has 0 aliphatic carbocycles. The number of hydrazone groups is 1. The number of benzene rings is 3. The van der Waals surface area contributed by atoms with E-state index < -0.39 is 0 Å². The second-order valence-electron chi connectivity index (χ2n) is 6.82. The first-order chi connectivity index (χ1) is 15.7. The number of ether oxygens (including phenoxy) is 2. The molecular weight excluding hydrogens is 468 g/mol. The normalized spacial score (nSPS) is 10.8. The van der Waals surface area contributed by atoms with Gasteiger partial charge in [0.2, 0.25) is 5.95 Å². The van der Waals surface area contributed by atoms with Gasteiger partial charge in [0.15, 0.2) is 11.5 Å². The van der Waals surface area contributed by atoms with Crippen LogP contribution < -0.4 is 14.9 Å². The summed E-state index contributed by atoms with van der Waals surface area (Å²) in [5.74, 6) is 1.68. The second-order valence-corrected chi connectivity index (χ2v) is 7.74. The molecule has 0 bridgehead atoms. The lowest BCUT2D eigenvalue weighted by atomic mass is 10.1. The van der Waals surface area contributed by atoms with Crippen molar-refractivity contribution in [2.75, 3.05) is 19.6 Å². The highest BCUT2D eigenvalue weighted by molar-refractivity contribution is 9.10. The SMILES string of the molecule is COc1ccc(-c2cc(-c3ccccc3)nc(NN=Cc3ccc(Br)cc3)n2)cc1OC. The summed E-state index contributed by atoms with van der Waals surface area (Å²) in [4.78, 5) is 9.32. The Morgan fingerprint density at radius 3 is 2.16 bits per heavy atom. The van der Waals surface area contributed by atoms with E-state index >= 15 is 0 Å². The number of nitrogens with zero attached hydrogens (tertiary/aromatic N) is 3. The molecule has 6 nitrogen and oxygen atoms in total. The van der Waals surface area contributed by atoms with Gasteiger partial charge >= 0.3 is 0 Å². The number of anilines is 1. The smallest absolute Gasteiger partial charge is 0.244 e. The van der Waals surface area contributed by atoms with E-state index in [0.717, 1.165) is 32.6 Å². The summed E-state index contributed by atoms with van der Waals surface area (Å²) in [5.41, 5.74) is 7.30. The third kappa shape index (κ3) is 5.12. The average molecular weight is 489 g/mol. The second kappa shape index (κ2) is 10.1. The number of halogens is 1. The zero-order valence-electron chi connectivity index (χ0n) is 17.6. The summed E-state index contributed by atoms with van der Waals surface area (Å²) in [6.07, 6.45) is 1.72. The van der Waals surface area contributed by atoms with Gasteiger partial charge in [0.1, 0.15) is 0 Å². The Hall–Kier alpha value is -3.71. The average Bonchev–Trinajstić information content (AvgIpc) is 2.85. The lowest BCUT2D eigenvalue weighted by Gasteiger charge is -2.11. The Labute approximate surface area is 195 Å². The maximum Gasteiger partial charge on any atom is 0.244 e. The van der Waals surface area contributed by atoms with Crippen LogP contribution in [0.1, 0.15) is 5.56 Å². The predicted molar refractivity (Wildman–Crippen MR) is 131 cm³/mol. The van der Waals surface area contributed by atoms with E-state index in [1.54, 1.807) is 20.4 Å². The maximum atomic E-state index is 5.45. The van der Waals surface area contributed by atoms with E-state index in [2.05, 4.69) is 36.4 Å². The molecule has 3 aromatic carbocycles. The first-order valence-electron chi connectivity index (χ1n) is 9.88. The van der Waals surface area contributed by atoms with Gasteiger partial charge in [0.05, 0.1) is 31.8 Å². The van der Waals surface area contributed by atoms with E-state index in [-0.39, 0.29) is 0 Å². The molecular formula is C25H21BrN4O2. The molecule has 0 amide bonds. The summed E-state index contributed by atoms with van der Waals surface area (Å²) in [6, 6.07) is 25.4. The number of hydrogen-bond donors (Lipinski definition) is 1. The Kier molecular flexibility index (Phi) is 6.77. The van der Waals surface area contributed by atoms with Crippen molar-refractivity contribution in [1.82, 2.24) is 9.97 Å². The van der Waals surface area contributed by atoms with Crippen LogP contribution in [0.5, 0.6) is 11.5 Å². The molecule has 32 heavy (non-hydrogen) atoms. The van der Waals surface area contributed by atoms with Gasteiger partial charge in [-0.05, 0) is 42.0 Å². The van der Waals surface area contributed by atoms with Crippen LogP contribution in [0.3, 0.4) is 0 Å². The molecule has 4 rings (SSSR count). The van der Waals surface area contributed by atoms with Gasteiger partial charge in [-0.3, -0.25) is 0 Å². The van der Waals surface area contributed by atoms with E-state index in [9.17, 15) is 0 Å². The summed E-state index contributed by atoms with van der Waals surface area (Å²) in [5, 5.41) is 4.31. The molecule has 0 fully saturated rings. The number of aromatic nitrogens is 2. The van der Waals surface area contributed by atoms with Crippen molar-refractivity contribution >= 4 is 28.1 Å². The van der Waals surface area contributed by atoms with Crippen LogP contribution in [-0.4, -0.2) is 30.4 Å². The van der Waals surface area contributed by atoms with E-state index in [4.69, 9.17) is 9.47 Å². The predicted octanol–water partition coefficient (Wildman–Crippen LogP) is 6.04. The molecule has 0 atom stereocenters. The van der Waals surface area contributed by atoms with Crippen molar-refractivity contribution in [3.8, 4) is 34.0 Å². The molecule has 0 saturated heterocycles. The Balaban J connectivity index is 1.71. The molecule has 1 aromatic heterocycles. The summed E-state index contributed by atoms with van der Waals surface area (Å²) < 4.78 is 11.8. The van der Waals surface area contributed by atoms with Crippen molar-refractivity contribution in [2.24, 2.45) is 5.10 Å². The van der Waals surface area contributed by atoms with Crippen molar-refractivity contribution in [2.45, 2.75) is 0 Å². The molecule has 1 N–H and O–H groups in total. The van der Waals surface area contributed by atoms with Gasteiger partial charge in [-0.15, -0.1) is 0 Å². The van der Waals surface area contributed by atoms with E-state index in [1.807, 2.05) is 78.9 Å². The summed E-state index contributed by atoms with van der Waals surface area (Å²) >= 11 is 3.43. The molecule has 7 heteroatoms. The summed E-state index contributed by atoms with van der Waals surface area (Å²) in [7, 11) is 3.22. The van der Waals surface area contributed by atoms with Gasteiger partial charge in [0.25, 0.3) is 0 Å². The molecule has 1 heterocycles. The lowest BCUT2D eigenvalue weighted by Crippen LogP contribution is -2.00. The van der Waals surface area contributed by atoms with Crippen LogP contribution in [0.4, 0.5) is 5.95 Å². The maximum absolute atomic E-state index is 5.45. The van der Waals surface area contributed by atoms with Crippen molar-refractivity contribution in [1.29, 1.82) is 0 Å². The van der Waals surface area contributed by atoms with E-state index in [0.29, 0.717) is 17.4 Å². The van der Waals surface area contributed by atoms with Crippen LogP contribution >= 0.6 is 15.9 Å². The van der Waals surface area contributed by atoms with Crippen molar-refractivity contribution < 1.29 is 9.47 Å². The Morgan fingerprint density at radius 1 is 0.781 bits per heavy atom. The van der Waals surface area contributed by atoms with E-state index in [1.165, 1.54) is 0 Å². The third-order valence-corrected chi connectivity index (χ3v) is 5.25. The van der Waals surface area contributed by atoms with Gasteiger partial charge in [-0.1, -0.05) is 58.4 Å². The minimum absolute atomic E-state index is 0.393. The molecule has 0 radical (unpaired) electrons. The molecule has 4 aromatic rings. The van der Waals surface area contributed by atoms with Crippen LogP contribution in [-0.2, 0) is 0 Å². The van der Waals surface area contributed by atoms with Gasteiger partial charge in [-0.25, -0.2) is 15.4 Å². The largest absolute Gasteiger partial charge is 0.493 e. The molecule has 160 valence electrons. The highest BCUT2D eigenvalue weighted by Gasteiger charge is 2.11. The van der Waals surface area contributed by atoms with Crippen LogP contribution in [0.25, 0.3) is 22.5 Å². The minimum atomic E-state index is 0.393. The van der Waals surface area contributed by atoms with Gasteiger partial charge < -0.3 is 9.47 Å².